The van der Waals surface area contributed by atoms with Crippen molar-refractivity contribution in [1.82, 2.24) is 0 Å². The summed E-state index contributed by atoms with van der Waals surface area (Å²) in [6.07, 6.45) is 0. The molecular formula is C10H10INOS. The predicted molar refractivity (Wildman–Crippen MR) is 65.3 cm³/mol. The highest BCUT2D eigenvalue weighted by Gasteiger charge is 2.23. The van der Waals surface area contributed by atoms with Gasteiger partial charge in [0.05, 0.1) is 8.95 Å². The summed E-state index contributed by atoms with van der Waals surface area (Å²) in [6.45, 7) is 3.78. The molecule has 2 nitrogen and oxygen atoms in total. The SMILES string of the molecule is CC(C)C(C#N)C(=O)c1csc(I)c1. The molecule has 0 radical (unpaired) electrons. The smallest absolute Gasteiger partial charge is 0.181 e. The van der Waals surface area contributed by atoms with Crippen LogP contribution in [0, 0.1) is 26.1 Å². The Morgan fingerprint density at radius 2 is 2.29 bits per heavy atom. The third kappa shape index (κ3) is 2.55. The molecule has 0 bridgehead atoms. The summed E-state index contributed by atoms with van der Waals surface area (Å²) in [5.74, 6) is -0.493. The van der Waals surface area contributed by atoms with Gasteiger partial charge in [-0.3, -0.25) is 4.79 Å². The van der Waals surface area contributed by atoms with E-state index in [1.165, 1.54) is 11.3 Å². The van der Waals surface area contributed by atoms with Gasteiger partial charge in [0.2, 0.25) is 0 Å². The van der Waals surface area contributed by atoms with Gasteiger partial charge in [-0.25, -0.2) is 0 Å². The van der Waals surface area contributed by atoms with Crippen molar-refractivity contribution in [2.45, 2.75) is 13.8 Å². The number of carbonyl (C=O) groups is 1. The Balaban J connectivity index is 2.90. The summed E-state index contributed by atoms with van der Waals surface area (Å²) in [7, 11) is 0. The number of carbonyl (C=O) groups excluding carboxylic acids is 1. The molecule has 0 aliphatic carbocycles. The summed E-state index contributed by atoms with van der Waals surface area (Å²) >= 11 is 3.70. The minimum atomic E-state index is -0.514. The Bertz CT molecular complexity index is 378. The van der Waals surface area contributed by atoms with Gasteiger partial charge in [-0.2, -0.15) is 5.26 Å². The molecule has 0 spiro atoms. The summed E-state index contributed by atoms with van der Waals surface area (Å²) < 4.78 is 1.08. The molecular weight excluding hydrogens is 309 g/mol. The molecule has 1 atom stereocenters. The van der Waals surface area contributed by atoms with Crippen LogP contribution in [-0.2, 0) is 0 Å². The largest absolute Gasteiger partial charge is 0.293 e. The van der Waals surface area contributed by atoms with Gasteiger partial charge in [-0.15, -0.1) is 11.3 Å². The summed E-state index contributed by atoms with van der Waals surface area (Å²) in [5, 5.41) is 10.7. The highest BCUT2D eigenvalue weighted by atomic mass is 127. The molecule has 0 fully saturated rings. The van der Waals surface area contributed by atoms with E-state index < -0.39 is 5.92 Å². The molecule has 0 aliphatic heterocycles. The van der Waals surface area contributed by atoms with Crippen molar-refractivity contribution in [1.29, 1.82) is 5.26 Å². The molecule has 0 amide bonds. The van der Waals surface area contributed by atoms with Crippen molar-refractivity contribution in [3.63, 3.8) is 0 Å². The lowest BCUT2D eigenvalue weighted by Crippen LogP contribution is -2.18. The highest BCUT2D eigenvalue weighted by molar-refractivity contribution is 14.1. The Morgan fingerprint density at radius 1 is 1.64 bits per heavy atom. The van der Waals surface area contributed by atoms with Crippen molar-refractivity contribution in [2.75, 3.05) is 0 Å². The van der Waals surface area contributed by atoms with Crippen LogP contribution in [0.4, 0.5) is 0 Å². The van der Waals surface area contributed by atoms with Crippen LogP contribution in [0.25, 0.3) is 0 Å². The van der Waals surface area contributed by atoms with Crippen molar-refractivity contribution in [3.05, 3.63) is 19.9 Å². The minimum absolute atomic E-state index is 0.0540. The van der Waals surface area contributed by atoms with Crippen LogP contribution in [0.15, 0.2) is 11.4 Å². The molecule has 0 saturated heterocycles. The number of Topliss-reactive ketones (excluding diaryl/α,β-unsaturated/α-hetero) is 1. The Morgan fingerprint density at radius 3 is 2.64 bits per heavy atom. The van der Waals surface area contributed by atoms with Crippen molar-refractivity contribution < 1.29 is 4.79 Å². The number of hydrogen-bond donors (Lipinski definition) is 0. The quantitative estimate of drug-likeness (QED) is 0.633. The molecule has 0 aromatic carbocycles. The fourth-order valence-electron chi connectivity index (χ4n) is 1.13. The molecule has 1 rings (SSSR count). The number of ketones is 1. The normalized spacial score (nSPS) is 12.5. The van der Waals surface area contributed by atoms with E-state index >= 15 is 0 Å². The zero-order chi connectivity index (χ0) is 10.7. The van der Waals surface area contributed by atoms with E-state index in [0.717, 1.165) is 2.88 Å². The maximum atomic E-state index is 11.8. The lowest BCUT2D eigenvalue weighted by molar-refractivity contribution is 0.0925. The molecule has 1 unspecified atom stereocenters. The summed E-state index contributed by atoms with van der Waals surface area (Å²) in [4.78, 5) is 11.8. The third-order valence-corrected chi connectivity index (χ3v) is 3.73. The van der Waals surface area contributed by atoms with Gasteiger partial charge in [0.25, 0.3) is 0 Å². The topological polar surface area (TPSA) is 40.9 Å². The predicted octanol–water partition coefficient (Wildman–Crippen LogP) is 3.33. The summed E-state index contributed by atoms with van der Waals surface area (Å²) in [6, 6.07) is 3.90. The molecule has 1 heterocycles. The molecule has 14 heavy (non-hydrogen) atoms. The number of hydrogen-bond acceptors (Lipinski definition) is 3. The first kappa shape index (κ1) is 11.7. The Labute approximate surface area is 101 Å². The van der Waals surface area contributed by atoms with E-state index in [-0.39, 0.29) is 11.7 Å². The second-order valence-corrected chi connectivity index (χ2v) is 6.16. The van der Waals surface area contributed by atoms with E-state index in [9.17, 15) is 4.79 Å². The van der Waals surface area contributed by atoms with Crippen LogP contribution >= 0.6 is 33.9 Å². The van der Waals surface area contributed by atoms with Gasteiger partial charge in [0, 0.05) is 10.9 Å². The lowest BCUT2D eigenvalue weighted by atomic mass is 9.90. The molecule has 0 aliphatic rings. The van der Waals surface area contributed by atoms with Crippen molar-refractivity contribution >= 4 is 39.7 Å². The molecule has 1 aromatic rings. The maximum absolute atomic E-state index is 11.8. The van der Waals surface area contributed by atoms with Crippen molar-refractivity contribution in [3.8, 4) is 6.07 Å². The number of nitriles is 1. The fraction of sp³-hybridized carbons (Fsp3) is 0.400. The first-order valence-corrected chi connectivity index (χ1v) is 6.20. The van der Waals surface area contributed by atoms with E-state index in [4.69, 9.17) is 5.26 Å². The lowest BCUT2D eigenvalue weighted by Gasteiger charge is -2.09. The van der Waals surface area contributed by atoms with Crippen LogP contribution in [0.1, 0.15) is 24.2 Å². The zero-order valence-corrected chi connectivity index (χ0v) is 10.9. The monoisotopic (exact) mass is 319 g/mol. The van der Waals surface area contributed by atoms with E-state index in [1.54, 1.807) is 0 Å². The average molecular weight is 319 g/mol. The zero-order valence-electron chi connectivity index (χ0n) is 7.95. The molecule has 0 saturated carbocycles. The molecule has 4 heteroatoms. The van der Waals surface area contributed by atoms with Crippen LogP contribution in [-0.4, -0.2) is 5.78 Å². The van der Waals surface area contributed by atoms with Gasteiger partial charge in [0.15, 0.2) is 5.78 Å². The standard InChI is InChI=1S/C10H10INOS/c1-6(2)8(4-12)10(13)7-3-9(11)14-5-7/h3,5-6,8H,1-2H3. The van der Waals surface area contributed by atoms with Gasteiger partial charge >= 0.3 is 0 Å². The first-order chi connectivity index (χ1) is 6.56. The van der Waals surface area contributed by atoms with Gasteiger partial charge < -0.3 is 0 Å². The molecule has 0 N–H and O–H groups in total. The number of thiophene rings is 1. The minimum Gasteiger partial charge on any atom is -0.293 e. The second-order valence-electron chi connectivity index (χ2n) is 3.35. The Hall–Kier alpha value is -0.410. The van der Waals surface area contributed by atoms with Crippen LogP contribution in [0.2, 0.25) is 0 Å². The third-order valence-electron chi connectivity index (χ3n) is 1.94. The highest BCUT2D eigenvalue weighted by Crippen LogP contribution is 2.22. The second kappa shape index (κ2) is 4.89. The van der Waals surface area contributed by atoms with Crippen LogP contribution in [0.3, 0.4) is 0 Å². The first-order valence-electron chi connectivity index (χ1n) is 4.24. The van der Waals surface area contributed by atoms with E-state index in [2.05, 4.69) is 28.7 Å². The van der Waals surface area contributed by atoms with Gasteiger partial charge in [0.1, 0.15) is 5.92 Å². The van der Waals surface area contributed by atoms with Gasteiger partial charge in [-0.1, -0.05) is 13.8 Å². The summed E-state index contributed by atoms with van der Waals surface area (Å²) in [5.41, 5.74) is 0.666. The number of halogens is 1. The van der Waals surface area contributed by atoms with Crippen molar-refractivity contribution in [2.24, 2.45) is 11.8 Å². The van der Waals surface area contributed by atoms with Crippen LogP contribution in [0.5, 0.6) is 0 Å². The molecule has 74 valence electrons. The Kier molecular flexibility index (Phi) is 4.08. The maximum Gasteiger partial charge on any atom is 0.181 e. The van der Waals surface area contributed by atoms with E-state index in [1.807, 2.05) is 25.3 Å². The average Bonchev–Trinajstić information content (AvgIpc) is 2.52. The van der Waals surface area contributed by atoms with E-state index in [0.29, 0.717) is 5.56 Å². The fourth-order valence-corrected chi connectivity index (χ4v) is 2.46. The van der Waals surface area contributed by atoms with Crippen LogP contribution < -0.4 is 0 Å². The van der Waals surface area contributed by atoms with Gasteiger partial charge in [-0.05, 0) is 34.6 Å². The molecule has 1 aromatic heterocycles. The number of nitrogens with zero attached hydrogens (tertiary/aromatic N) is 1. The number of rotatable bonds is 3.